The monoisotopic (exact) mass is 273 g/mol. The maximum atomic E-state index is 11.0. The van der Waals surface area contributed by atoms with Gasteiger partial charge in [-0.05, 0) is 22.0 Å². The number of carbonyl (C=O) groups excluding carboxylic acids is 1. The summed E-state index contributed by atoms with van der Waals surface area (Å²) in [7, 11) is 1.48. The number of benzene rings is 1. The molecule has 1 aromatic rings. The summed E-state index contributed by atoms with van der Waals surface area (Å²) in [5.41, 5.74) is 0.435. The maximum absolute atomic E-state index is 11.0. The summed E-state index contributed by atoms with van der Waals surface area (Å²) in [5, 5.41) is 15.3. The van der Waals surface area contributed by atoms with E-state index >= 15 is 0 Å². The van der Waals surface area contributed by atoms with Crippen molar-refractivity contribution < 1.29 is 9.72 Å². The number of amides is 2. The highest BCUT2D eigenvalue weighted by molar-refractivity contribution is 9.10. The first-order valence-electron chi connectivity index (χ1n) is 3.97. The molecule has 0 saturated carbocycles. The second-order valence-corrected chi connectivity index (χ2v) is 3.48. The lowest BCUT2D eigenvalue weighted by Gasteiger charge is -2.05. The molecule has 15 heavy (non-hydrogen) atoms. The molecule has 6 nitrogen and oxygen atoms in total. The Morgan fingerprint density at radius 1 is 1.53 bits per heavy atom. The smallest absolute Gasteiger partial charge is 0.319 e. The average molecular weight is 274 g/mol. The summed E-state index contributed by atoms with van der Waals surface area (Å²) < 4.78 is 0.459. The van der Waals surface area contributed by atoms with Crippen molar-refractivity contribution in [1.82, 2.24) is 5.32 Å². The van der Waals surface area contributed by atoms with Crippen LogP contribution in [0.15, 0.2) is 22.7 Å². The van der Waals surface area contributed by atoms with E-state index in [0.717, 1.165) is 0 Å². The molecule has 0 aromatic heterocycles. The van der Waals surface area contributed by atoms with Gasteiger partial charge in [-0.2, -0.15) is 0 Å². The Balaban J connectivity index is 2.93. The Bertz CT molecular complexity index is 408. The van der Waals surface area contributed by atoms with Gasteiger partial charge >= 0.3 is 6.03 Å². The van der Waals surface area contributed by atoms with Crippen LogP contribution in [0.3, 0.4) is 0 Å². The zero-order chi connectivity index (χ0) is 11.4. The van der Waals surface area contributed by atoms with Crippen LogP contribution in [0.2, 0.25) is 0 Å². The molecular weight excluding hydrogens is 266 g/mol. The lowest BCUT2D eigenvalue weighted by molar-refractivity contribution is -0.384. The molecule has 0 radical (unpaired) electrons. The Labute approximate surface area is 93.9 Å². The highest BCUT2D eigenvalue weighted by Gasteiger charge is 2.10. The van der Waals surface area contributed by atoms with Gasteiger partial charge in [0, 0.05) is 23.7 Å². The van der Waals surface area contributed by atoms with E-state index in [1.54, 1.807) is 0 Å². The van der Waals surface area contributed by atoms with Crippen LogP contribution in [0.4, 0.5) is 16.2 Å². The molecule has 0 fully saturated rings. The van der Waals surface area contributed by atoms with E-state index in [9.17, 15) is 14.9 Å². The second-order valence-electron chi connectivity index (χ2n) is 2.63. The van der Waals surface area contributed by atoms with Crippen LogP contribution in [0.5, 0.6) is 0 Å². The number of rotatable bonds is 2. The first-order chi connectivity index (χ1) is 7.04. The number of nitro benzene ring substituents is 1. The molecular formula is C8H8BrN3O3. The number of halogens is 1. The van der Waals surface area contributed by atoms with Crippen LogP contribution in [0.25, 0.3) is 0 Å². The van der Waals surface area contributed by atoms with Crippen molar-refractivity contribution in [2.24, 2.45) is 0 Å². The molecule has 0 bridgehead atoms. The summed E-state index contributed by atoms with van der Waals surface area (Å²) in [6.07, 6.45) is 0. The number of urea groups is 1. The SMILES string of the molecule is CNC(=O)Nc1ccc([N+](=O)[O-])cc1Br. The predicted octanol–water partition coefficient (Wildman–Crippen LogP) is 2.11. The van der Waals surface area contributed by atoms with Crippen LogP contribution in [-0.4, -0.2) is 18.0 Å². The first-order valence-corrected chi connectivity index (χ1v) is 4.76. The van der Waals surface area contributed by atoms with Gasteiger partial charge in [-0.1, -0.05) is 0 Å². The van der Waals surface area contributed by atoms with Crippen molar-refractivity contribution in [2.75, 3.05) is 12.4 Å². The zero-order valence-electron chi connectivity index (χ0n) is 7.78. The lowest BCUT2D eigenvalue weighted by Crippen LogP contribution is -2.24. The van der Waals surface area contributed by atoms with Gasteiger partial charge in [0.1, 0.15) is 0 Å². The van der Waals surface area contributed by atoms with Gasteiger partial charge < -0.3 is 10.6 Å². The van der Waals surface area contributed by atoms with Crippen LogP contribution >= 0.6 is 15.9 Å². The number of nitro groups is 1. The molecule has 0 aliphatic rings. The molecule has 2 N–H and O–H groups in total. The molecule has 0 unspecified atom stereocenters. The summed E-state index contributed by atoms with van der Waals surface area (Å²) in [4.78, 5) is 20.9. The van der Waals surface area contributed by atoms with Crippen LogP contribution in [0, 0.1) is 10.1 Å². The number of hydrogen-bond acceptors (Lipinski definition) is 3. The van der Waals surface area contributed by atoms with E-state index in [1.165, 1.54) is 25.2 Å². The molecule has 0 spiro atoms. The Morgan fingerprint density at radius 2 is 2.20 bits per heavy atom. The van der Waals surface area contributed by atoms with Crippen molar-refractivity contribution in [1.29, 1.82) is 0 Å². The van der Waals surface area contributed by atoms with Crippen molar-refractivity contribution in [3.63, 3.8) is 0 Å². The Morgan fingerprint density at radius 3 is 2.67 bits per heavy atom. The largest absolute Gasteiger partial charge is 0.341 e. The fraction of sp³-hybridized carbons (Fsp3) is 0.125. The number of hydrogen-bond donors (Lipinski definition) is 2. The standard InChI is InChI=1S/C8H8BrN3O3/c1-10-8(13)11-7-3-2-5(12(14)15)4-6(7)9/h2-4H,1H3,(H2,10,11,13). The normalized spacial score (nSPS) is 9.47. The van der Waals surface area contributed by atoms with Gasteiger partial charge in [0.25, 0.3) is 5.69 Å². The molecule has 1 rings (SSSR count). The van der Waals surface area contributed by atoms with Gasteiger partial charge in [-0.3, -0.25) is 10.1 Å². The van der Waals surface area contributed by atoms with Gasteiger partial charge in [-0.25, -0.2) is 4.79 Å². The summed E-state index contributed by atoms with van der Waals surface area (Å²) >= 11 is 3.13. The fourth-order valence-corrected chi connectivity index (χ4v) is 1.37. The molecule has 0 heterocycles. The zero-order valence-corrected chi connectivity index (χ0v) is 9.37. The number of carbonyl (C=O) groups is 1. The first kappa shape index (κ1) is 11.4. The Kier molecular flexibility index (Phi) is 3.62. The molecule has 2 amide bonds. The van der Waals surface area contributed by atoms with Crippen molar-refractivity contribution in [3.8, 4) is 0 Å². The summed E-state index contributed by atoms with van der Waals surface area (Å²) in [6, 6.07) is 3.71. The third kappa shape index (κ3) is 2.91. The summed E-state index contributed by atoms with van der Waals surface area (Å²) in [6.45, 7) is 0. The average Bonchev–Trinajstić information content (AvgIpc) is 2.20. The summed E-state index contributed by atoms with van der Waals surface area (Å²) in [5.74, 6) is 0. The molecule has 80 valence electrons. The molecule has 7 heteroatoms. The number of nitrogens with one attached hydrogen (secondary N) is 2. The molecule has 0 aliphatic carbocycles. The molecule has 0 atom stereocenters. The lowest BCUT2D eigenvalue weighted by atomic mass is 10.3. The molecule has 0 saturated heterocycles. The topological polar surface area (TPSA) is 84.3 Å². The highest BCUT2D eigenvalue weighted by atomic mass is 79.9. The van der Waals surface area contributed by atoms with E-state index in [0.29, 0.717) is 10.2 Å². The molecule has 1 aromatic carbocycles. The van der Waals surface area contributed by atoms with Gasteiger partial charge in [0.05, 0.1) is 10.6 Å². The van der Waals surface area contributed by atoms with E-state index in [2.05, 4.69) is 26.6 Å². The van der Waals surface area contributed by atoms with Gasteiger partial charge in [-0.15, -0.1) is 0 Å². The minimum Gasteiger partial charge on any atom is -0.341 e. The van der Waals surface area contributed by atoms with E-state index < -0.39 is 4.92 Å². The number of non-ortho nitro benzene ring substituents is 1. The minimum atomic E-state index is -0.506. The van der Waals surface area contributed by atoms with E-state index in [1.807, 2.05) is 0 Å². The minimum absolute atomic E-state index is 0.0377. The van der Waals surface area contributed by atoms with Gasteiger partial charge in [0.2, 0.25) is 0 Å². The highest BCUT2D eigenvalue weighted by Crippen LogP contribution is 2.26. The van der Waals surface area contributed by atoms with Crippen LogP contribution in [-0.2, 0) is 0 Å². The van der Waals surface area contributed by atoms with Crippen LogP contribution in [0.1, 0.15) is 0 Å². The fourth-order valence-electron chi connectivity index (χ4n) is 0.904. The third-order valence-corrected chi connectivity index (χ3v) is 2.29. The van der Waals surface area contributed by atoms with Gasteiger partial charge in [0.15, 0.2) is 0 Å². The number of nitrogens with zero attached hydrogens (tertiary/aromatic N) is 1. The van der Waals surface area contributed by atoms with Crippen molar-refractivity contribution >= 4 is 33.3 Å². The van der Waals surface area contributed by atoms with Crippen molar-refractivity contribution in [3.05, 3.63) is 32.8 Å². The van der Waals surface area contributed by atoms with E-state index in [4.69, 9.17) is 0 Å². The Hall–Kier alpha value is -1.63. The van der Waals surface area contributed by atoms with E-state index in [-0.39, 0.29) is 11.7 Å². The quantitative estimate of drug-likeness (QED) is 0.639. The third-order valence-electron chi connectivity index (χ3n) is 1.64. The van der Waals surface area contributed by atoms with Crippen molar-refractivity contribution in [2.45, 2.75) is 0 Å². The predicted molar refractivity (Wildman–Crippen MR) is 58.9 cm³/mol. The maximum Gasteiger partial charge on any atom is 0.319 e. The van der Waals surface area contributed by atoms with Crippen LogP contribution < -0.4 is 10.6 Å². The second kappa shape index (κ2) is 4.74. The number of anilines is 1. The molecule has 0 aliphatic heterocycles.